The molecular formula is C21H21F2N3O. The van der Waals surface area contributed by atoms with Crippen LogP contribution in [0.15, 0.2) is 42.6 Å². The normalized spacial score (nSPS) is 18.6. The van der Waals surface area contributed by atoms with Crippen LogP contribution in [-0.4, -0.2) is 19.0 Å². The van der Waals surface area contributed by atoms with Crippen LogP contribution in [0.3, 0.4) is 0 Å². The van der Waals surface area contributed by atoms with Gasteiger partial charge in [-0.1, -0.05) is 6.92 Å². The number of carbonyl (C=O) groups excluding carboxylic acids is 1. The Morgan fingerprint density at radius 3 is 2.67 bits per heavy atom. The Balaban J connectivity index is 1.52. The number of nitrogens with zero attached hydrogens (tertiary/aromatic N) is 1. The van der Waals surface area contributed by atoms with Crippen LogP contribution in [0.1, 0.15) is 25.3 Å². The van der Waals surface area contributed by atoms with Gasteiger partial charge in [-0.05, 0) is 55.2 Å². The van der Waals surface area contributed by atoms with Gasteiger partial charge in [0.2, 0.25) is 0 Å². The summed E-state index contributed by atoms with van der Waals surface area (Å²) in [6.07, 6.45) is 3.62. The van der Waals surface area contributed by atoms with E-state index in [1.54, 1.807) is 12.1 Å². The minimum atomic E-state index is -0.414. The molecule has 6 heteroatoms. The van der Waals surface area contributed by atoms with Crippen LogP contribution in [0.25, 0.3) is 5.57 Å². The van der Waals surface area contributed by atoms with Crippen molar-refractivity contribution in [1.82, 2.24) is 0 Å². The molecule has 2 aliphatic rings. The lowest BCUT2D eigenvalue weighted by atomic mass is 9.99. The smallest absolute Gasteiger partial charge is 0.257 e. The minimum Gasteiger partial charge on any atom is -0.369 e. The van der Waals surface area contributed by atoms with Crippen LogP contribution >= 0.6 is 0 Å². The molecule has 0 bridgehead atoms. The summed E-state index contributed by atoms with van der Waals surface area (Å²) in [5.74, 6) is -0.345. The summed E-state index contributed by atoms with van der Waals surface area (Å²) in [5, 5.41) is 5.63. The number of halogens is 2. The molecule has 1 fully saturated rings. The zero-order valence-electron chi connectivity index (χ0n) is 15.1. The molecule has 1 amide bonds. The van der Waals surface area contributed by atoms with Crippen LogP contribution in [-0.2, 0) is 4.79 Å². The van der Waals surface area contributed by atoms with E-state index in [1.807, 2.05) is 0 Å². The van der Waals surface area contributed by atoms with Gasteiger partial charge in [0.15, 0.2) is 0 Å². The molecule has 4 rings (SSSR count). The number of carbonyl (C=O) groups is 1. The third kappa shape index (κ3) is 3.52. The third-order valence-electron chi connectivity index (χ3n) is 5.22. The van der Waals surface area contributed by atoms with Crippen molar-refractivity contribution >= 4 is 28.5 Å². The SMILES string of the molecule is CC1CCN(c2ccc(N/C=C3/C(=O)Nc4ccc(F)cc43)cc2F)CC1. The van der Waals surface area contributed by atoms with Crippen LogP contribution in [0.2, 0.25) is 0 Å². The third-order valence-corrected chi connectivity index (χ3v) is 5.22. The maximum absolute atomic E-state index is 14.6. The van der Waals surface area contributed by atoms with Gasteiger partial charge in [0.1, 0.15) is 11.6 Å². The molecule has 0 spiro atoms. The van der Waals surface area contributed by atoms with E-state index >= 15 is 0 Å². The Kier molecular flexibility index (Phi) is 4.56. The predicted molar refractivity (Wildman–Crippen MR) is 104 cm³/mol. The number of fused-ring (bicyclic) bond motifs is 1. The Bertz CT molecular complexity index is 918. The number of amides is 1. The maximum Gasteiger partial charge on any atom is 0.257 e. The molecule has 0 atom stereocenters. The first-order valence-corrected chi connectivity index (χ1v) is 9.14. The van der Waals surface area contributed by atoms with Gasteiger partial charge >= 0.3 is 0 Å². The minimum absolute atomic E-state index is 0.296. The summed E-state index contributed by atoms with van der Waals surface area (Å²) in [6.45, 7) is 3.94. The molecule has 4 nitrogen and oxygen atoms in total. The molecule has 2 aromatic carbocycles. The maximum atomic E-state index is 14.6. The number of piperidine rings is 1. The Labute approximate surface area is 156 Å². The van der Waals surface area contributed by atoms with E-state index in [1.165, 1.54) is 30.5 Å². The molecule has 27 heavy (non-hydrogen) atoms. The molecular weight excluding hydrogens is 348 g/mol. The van der Waals surface area contributed by atoms with Gasteiger partial charge < -0.3 is 15.5 Å². The molecule has 140 valence electrons. The standard InChI is InChI=1S/C21H21F2N3O/c1-13-6-8-26(9-7-13)20-5-3-15(11-18(20)23)24-12-17-16-10-14(22)2-4-19(16)25-21(17)27/h2-5,10-13,24H,6-9H2,1H3,(H,25,27)/b17-12+. The van der Waals surface area contributed by atoms with E-state index in [0.29, 0.717) is 34.1 Å². The average Bonchev–Trinajstić information content (AvgIpc) is 2.95. The molecule has 1 saturated heterocycles. The average molecular weight is 369 g/mol. The number of nitrogens with one attached hydrogen (secondary N) is 2. The first kappa shape index (κ1) is 17.5. The Morgan fingerprint density at radius 2 is 1.93 bits per heavy atom. The van der Waals surface area contributed by atoms with Crippen molar-refractivity contribution in [3.63, 3.8) is 0 Å². The molecule has 0 aromatic heterocycles. The van der Waals surface area contributed by atoms with E-state index in [-0.39, 0.29) is 11.7 Å². The van der Waals surface area contributed by atoms with Gasteiger partial charge in [-0.15, -0.1) is 0 Å². The summed E-state index contributed by atoms with van der Waals surface area (Å²) in [4.78, 5) is 14.2. The largest absolute Gasteiger partial charge is 0.369 e. The fourth-order valence-corrected chi connectivity index (χ4v) is 3.56. The second kappa shape index (κ2) is 7.02. The van der Waals surface area contributed by atoms with Crippen LogP contribution < -0.4 is 15.5 Å². The van der Waals surface area contributed by atoms with Crippen molar-refractivity contribution in [2.45, 2.75) is 19.8 Å². The molecule has 2 aromatic rings. The lowest BCUT2D eigenvalue weighted by Gasteiger charge is -2.32. The Morgan fingerprint density at radius 1 is 1.15 bits per heavy atom. The molecule has 0 aliphatic carbocycles. The number of anilines is 3. The number of benzene rings is 2. The number of rotatable bonds is 3. The topological polar surface area (TPSA) is 44.4 Å². The fraction of sp³-hybridized carbons (Fsp3) is 0.286. The molecule has 0 saturated carbocycles. The molecule has 2 N–H and O–H groups in total. The fourth-order valence-electron chi connectivity index (χ4n) is 3.56. The zero-order chi connectivity index (χ0) is 19.0. The highest BCUT2D eigenvalue weighted by molar-refractivity contribution is 6.31. The highest BCUT2D eigenvalue weighted by atomic mass is 19.1. The lowest BCUT2D eigenvalue weighted by Crippen LogP contribution is -2.33. The summed E-state index contributed by atoms with van der Waals surface area (Å²) in [5.41, 5.74) is 2.51. The molecule has 2 heterocycles. The monoisotopic (exact) mass is 369 g/mol. The van der Waals surface area contributed by atoms with Gasteiger partial charge in [0.25, 0.3) is 5.91 Å². The zero-order valence-corrected chi connectivity index (χ0v) is 15.1. The number of hydrogen-bond acceptors (Lipinski definition) is 3. The molecule has 2 aliphatic heterocycles. The summed E-state index contributed by atoms with van der Waals surface area (Å²) < 4.78 is 28.1. The van der Waals surface area contributed by atoms with E-state index in [0.717, 1.165) is 25.9 Å². The highest BCUT2D eigenvalue weighted by Gasteiger charge is 2.24. The first-order chi connectivity index (χ1) is 13.0. The second-order valence-electron chi connectivity index (χ2n) is 7.18. The summed E-state index contributed by atoms with van der Waals surface area (Å²) in [7, 11) is 0. The van der Waals surface area contributed by atoms with Crippen molar-refractivity contribution in [2.24, 2.45) is 5.92 Å². The first-order valence-electron chi connectivity index (χ1n) is 9.14. The summed E-state index contributed by atoms with van der Waals surface area (Å²) in [6, 6.07) is 9.09. The highest BCUT2D eigenvalue weighted by Crippen LogP contribution is 2.32. The molecule has 0 radical (unpaired) electrons. The van der Waals surface area contributed by atoms with Gasteiger partial charge in [0.05, 0.1) is 11.3 Å². The quantitative estimate of drug-likeness (QED) is 0.777. The van der Waals surface area contributed by atoms with Crippen molar-refractivity contribution < 1.29 is 13.6 Å². The van der Waals surface area contributed by atoms with Gasteiger partial charge in [-0.25, -0.2) is 8.78 Å². The van der Waals surface area contributed by atoms with E-state index < -0.39 is 5.82 Å². The van der Waals surface area contributed by atoms with Gasteiger partial charge in [-0.2, -0.15) is 0 Å². The van der Waals surface area contributed by atoms with Crippen LogP contribution in [0.5, 0.6) is 0 Å². The van der Waals surface area contributed by atoms with Crippen molar-refractivity contribution in [1.29, 1.82) is 0 Å². The van der Waals surface area contributed by atoms with E-state index in [4.69, 9.17) is 0 Å². The summed E-state index contributed by atoms with van der Waals surface area (Å²) >= 11 is 0. The Hall–Kier alpha value is -2.89. The second-order valence-corrected chi connectivity index (χ2v) is 7.18. The van der Waals surface area contributed by atoms with Crippen LogP contribution in [0, 0.1) is 17.6 Å². The van der Waals surface area contributed by atoms with Crippen LogP contribution in [0.4, 0.5) is 25.8 Å². The van der Waals surface area contributed by atoms with Gasteiger partial charge in [-0.3, -0.25) is 4.79 Å². The molecule has 0 unspecified atom stereocenters. The predicted octanol–water partition coefficient (Wildman–Crippen LogP) is 4.61. The van der Waals surface area contributed by atoms with E-state index in [9.17, 15) is 13.6 Å². The van der Waals surface area contributed by atoms with Crippen molar-refractivity contribution in [3.8, 4) is 0 Å². The van der Waals surface area contributed by atoms with Crippen molar-refractivity contribution in [3.05, 3.63) is 59.8 Å². The lowest BCUT2D eigenvalue weighted by molar-refractivity contribution is -0.110. The van der Waals surface area contributed by atoms with Gasteiger partial charge in [0, 0.05) is 36.2 Å². The van der Waals surface area contributed by atoms with Crippen molar-refractivity contribution in [2.75, 3.05) is 28.6 Å². The van der Waals surface area contributed by atoms with E-state index in [2.05, 4.69) is 22.5 Å². The number of hydrogen-bond donors (Lipinski definition) is 2.